The van der Waals surface area contributed by atoms with Crippen molar-refractivity contribution in [1.29, 1.82) is 0 Å². The molecule has 0 bridgehead atoms. The number of hydrogen-bond donors (Lipinski definition) is 2. The van der Waals surface area contributed by atoms with Gasteiger partial charge in [-0.15, -0.1) is 10.00 Å². The Labute approximate surface area is 273 Å². The van der Waals surface area contributed by atoms with E-state index in [4.69, 9.17) is 9.47 Å². The first-order valence-corrected chi connectivity index (χ1v) is 14.7. The number of benzene rings is 2. The van der Waals surface area contributed by atoms with Crippen LogP contribution in [0.4, 0.5) is 33.1 Å². The van der Waals surface area contributed by atoms with Crippen LogP contribution in [0.3, 0.4) is 0 Å². The van der Waals surface area contributed by atoms with Crippen LogP contribution in [-0.2, 0) is 9.47 Å². The van der Waals surface area contributed by atoms with Crippen molar-refractivity contribution in [2.45, 2.75) is 71.7 Å². The molecule has 3 amide bonds. The van der Waals surface area contributed by atoms with Gasteiger partial charge in [-0.3, -0.25) is 4.79 Å². The van der Waals surface area contributed by atoms with E-state index in [0.29, 0.717) is 4.90 Å². The Morgan fingerprint density at radius 2 is 1.52 bits per heavy atom. The number of hydrogen-bond acceptors (Lipinski definition) is 8. The molecule has 2 aromatic carbocycles. The van der Waals surface area contributed by atoms with Gasteiger partial charge in [-0.1, -0.05) is 12.1 Å². The molecule has 0 aliphatic carbocycles. The Morgan fingerprint density at radius 1 is 0.938 bits per heavy atom. The molecule has 11 nitrogen and oxygen atoms in total. The van der Waals surface area contributed by atoms with Gasteiger partial charge in [0.05, 0.1) is 6.54 Å². The molecule has 4 aromatic rings. The minimum Gasteiger partial charge on any atom is -0.443 e. The minimum atomic E-state index is -3.83. The first kappa shape index (κ1) is 35.8. The average molecular weight is 674 g/mol. The molecule has 1 atom stereocenters. The number of ether oxygens (including phenoxy) is 2. The number of carbonyl (C=O) groups excluding carboxylic acids is 3. The van der Waals surface area contributed by atoms with E-state index in [1.165, 1.54) is 35.8 Å². The van der Waals surface area contributed by atoms with Crippen LogP contribution in [0.15, 0.2) is 54.7 Å². The molecule has 0 saturated carbocycles. The molecule has 4 rings (SSSR count). The van der Waals surface area contributed by atoms with E-state index in [2.05, 4.69) is 15.4 Å². The number of halogens is 4. The number of aliphatic hydroxyl groups is 1. The average Bonchev–Trinajstić information content (AvgIpc) is 3.36. The summed E-state index contributed by atoms with van der Waals surface area (Å²) in [4.78, 5) is 43.8. The van der Waals surface area contributed by atoms with Gasteiger partial charge in [0.15, 0.2) is 5.65 Å². The highest BCUT2D eigenvalue weighted by atomic mass is 19.3. The highest BCUT2D eigenvalue weighted by Crippen LogP contribution is 2.32. The number of fused-ring (bicyclic) bond motifs is 1. The molecular formula is C33H35F4N5O6. The van der Waals surface area contributed by atoms with E-state index in [-0.39, 0.29) is 39.4 Å². The molecule has 15 heteroatoms. The fourth-order valence-electron chi connectivity index (χ4n) is 4.40. The highest BCUT2D eigenvalue weighted by molar-refractivity contribution is 6.08. The first-order valence-electron chi connectivity index (χ1n) is 14.7. The summed E-state index contributed by atoms with van der Waals surface area (Å²) in [5.41, 5.74) is -2.00. The number of aryl methyl sites for hydroxylation is 1. The lowest BCUT2D eigenvalue weighted by Gasteiger charge is -2.26. The molecular weight excluding hydrogens is 638 g/mol. The van der Waals surface area contributed by atoms with Crippen LogP contribution in [0.5, 0.6) is 0 Å². The van der Waals surface area contributed by atoms with Gasteiger partial charge in [-0.05, 0) is 102 Å². The van der Waals surface area contributed by atoms with E-state index < -0.39 is 59.5 Å². The number of carbonyl (C=O) groups is 3. The van der Waals surface area contributed by atoms with Crippen LogP contribution in [0.1, 0.15) is 69.1 Å². The van der Waals surface area contributed by atoms with Crippen LogP contribution in [-0.4, -0.2) is 61.5 Å². The Kier molecular flexibility index (Phi) is 9.86. The smallest absolute Gasteiger partial charge is 0.427 e. The second-order valence-corrected chi connectivity index (χ2v) is 13.0. The summed E-state index contributed by atoms with van der Waals surface area (Å²) in [5.74, 6) is -6.58. The number of aromatic nitrogens is 3. The SMILES string of the molecule is Cc1cc(F)c(-c2ccn3nc(N(C(=O)OC(C)(C)C)C(=O)OC(C)(C)C)nc3c2)cc1C(=O)NCC(F)(F)C(O)c1ccc(F)cc1. The van der Waals surface area contributed by atoms with Gasteiger partial charge in [-0.2, -0.15) is 4.98 Å². The van der Waals surface area contributed by atoms with Crippen LogP contribution >= 0.6 is 0 Å². The second-order valence-electron chi connectivity index (χ2n) is 13.0. The molecule has 1 unspecified atom stereocenters. The third-order valence-electron chi connectivity index (χ3n) is 6.62. The van der Waals surface area contributed by atoms with Crippen molar-refractivity contribution in [2.24, 2.45) is 0 Å². The van der Waals surface area contributed by atoms with Gasteiger partial charge in [-0.25, -0.2) is 31.7 Å². The van der Waals surface area contributed by atoms with E-state index in [0.717, 1.165) is 30.3 Å². The molecule has 2 heterocycles. The van der Waals surface area contributed by atoms with Crippen LogP contribution in [0.25, 0.3) is 16.8 Å². The van der Waals surface area contributed by atoms with Gasteiger partial charge in [0, 0.05) is 17.3 Å². The molecule has 0 fully saturated rings. The summed E-state index contributed by atoms with van der Waals surface area (Å²) in [6.45, 7) is 9.79. The fraction of sp³-hybridized carbons (Fsp3) is 0.364. The van der Waals surface area contributed by atoms with E-state index in [9.17, 15) is 32.7 Å². The number of anilines is 1. The molecule has 48 heavy (non-hydrogen) atoms. The maximum absolute atomic E-state index is 15.3. The van der Waals surface area contributed by atoms with E-state index in [1.54, 1.807) is 41.5 Å². The Hall–Kier alpha value is -5.05. The monoisotopic (exact) mass is 673 g/mol. The van der Waals surface area contributed by atoms with Crippen LogP contribution in [0.2, 0.25) is 0 Å². The normalized spacial score (nSPS) is 12.8. The lowest BCUT2D eigenvalue weighted by molar-refractivity contribution is -0.106. The van der Waals surface area contributed by atoms with E-state index >= 15 is 4.39 Å². The maximum Gasteiger partial charge on any atom is 0.427 e. The van der Waals surface area contributed by atoms with Crippen LogP contribution in [0, 0.1) is 18.6 Å². The van der Waals surface area contributed by atoms with Crippen molar-refractivity contribution in [2.75, 3.05) is 11.4 Å². The standard InChI is InChI=1S/C33H35F4N5O6/c1-18-14-24(35)23(16-22(18)27(44)38-17-33(36,37)26(43)19-8-10-21(34)11-9-19)20-12-13-41-25(15-20)39-28(40-41)42(29(45)47-31(2,3)4)30(46)48-32(5,6)7/h8-16,26,43H,17H2,1-7H3,(H,38,44). The van der Waals surface area contributed by atoms with Gasteiger partial charge in [0.2, 0.25) is 0 Å². The third-order valence-corrected chi connectivity index (χ3v) is 6.62. The molecule has 0 saturated heterocycles. The summed E-state index contributed by atoms with van der Waals surface area (Å²) in [5, 5.41) is 16.4. The quantitative estimate of drug-likeness (QED) is 0.206. The molecule has 2 N–H and O–H groups in total. The third kappa shape index (κ3) is 8.45. The number of nitrogens with one attached hydrogen (secondary N) is 1. The summed E-state index contributed by atoms with van der Waals surface area (Å²) in [6.07, 6.45) is -3.14. The zero-order valence-electron chi connectivity index (χ0n) is 27.3. The van der Waals surface area contributed by atoms with Crippen molar-refractivity contribution in [3.05, 3.63) is 83.1 Å². The topological polar surface area (TPSA) is 135 Å². The van der Waals surface area contributed by atoms with Crippen molar-refractivity contribution >= 4 is 29.7 Å². The highest BCUT2D eigenvalue weighted by Gasteiger charge is 2.40. The predicted octanol–water partition coefficient (Wildman–Crippen LogP) is 6.76. The van der Waals surface area contributed by atoms with Gasteiger partial charge in [0.1, 0.15) is 28.9 Å². The van der Waals surface area contributed by atoms with Crippen molar-refractivity contribution < 1.29 is 46.5 Å². The maximum atomic E-state index is 15.3. The van der Waals surface area contributed by atoms with Crippen molar-refractivity contribution in [3.63, 3.8) is 0 Å². The molecule has 0 aliphatic heterocycles. The molecule has 256 valence electrons. The molecule has 0 radical (unpaired) electrons. The number of imide groups is 1. The van der Waals surface area contributed by atoms with Gasteiger partial charge < -0.3 is 19.9 Å². The lowest BCUT2D eigenvalue weighted by atomic mass is 9.98. The molecule has 0 aliphatic rings. The Morgan fingerprint density at radius 3 is 2.08 bits per heavy atom. The van der Waals surface area contributed by atoms with Crippen molar-refractivity contribution in [3.8, 4) is 11.1 Å². The summed E-state index contributed by atoms with van der Waals surface area (Å²) < 4.78 is 69.9. The van der Waals surface area contributed by atoms with Gasteiger partial charge >= 0.3 is 12.2 Å². The predicted molar refractivity (Wildman–Crippen MR) is 167 cm³/mol. The van der Waals surface area contributed by atoms with Crippen molar-refractivity contribution in [1.82, 2.24) is 19.9 Å². The number of aliphatic hydroxyl groups excluding tert-OH is 1. The Bertz CT molecular complexity index is 1820. The second kappa shape index (κ2) is 13.2. The zero-order chi connectivity index (χ0) is 35.8. The molecule has 0 spiro atoms. The minimum absolute atomic E-state index is 0.0695. The number of rotatable bonds is 7. The number of pyridine rings is 1. The number of alkyl halides is 2. The van der Waals surface area contributed by atoms with E-state index in [1.807, 2.05) is 0 Å². The van der Waals surface area contributed by atoms with Gasteiger partial charge in [0.25, 0.3) is 17.8 Å². The zero-order valence-corrected chi connectivity index (χ0v) is 27.3. The summed E-state index contributed by atoms with van der Waals surface area (Å²) >= 11 is 0. The largest absolute Gasteiger partial charge is 0.443 e. The van der Waals surface area contributed by atoms with Crippen LogP contribution < -0.4 is 10.2 Å². The number of amides is 3. The number of nitrogens with zero attached hydrogens (tertiary/aromatic N) is 4. The first-order chi connectivity index (χ1) is 22.1. The lowest BCUT2D eigenvalue weighted by Crippen LogP contribution is -2.44. The summed E-state index contributed by atoms with van der Waals surface area (Å²) in [7, 11) is 0. The molecule has 2 aromatic heterocycles. The summed E-state index contributed by atoms with van der Waals surface area (Å²) in [6, 6.07) is 8.90. The Balaban J connectivity index is 1.62. The fourth-order valence-corrected chi connectivity index (χ4v) is 4.40.